The number of rotatable bonds is 5. The molecular weight excluding hydrogens is 406 g/mol. The summed E-state index contributed by atoms with van der Waals surface area (Å²) >= 11 is 6.45. The quantitative estimate of drug-likeness (QED) is 0.498. The average molecular weight is 422 g/mol. The zero-order chi connectivity index (χ0) is 20.4. The normalized spacial score (nSPS) is 16.6. The summed E-state index contributed by atoms with van der Waals surface area (Å²) in [5, 5.41) is 9.73. The molecule has 2 aromatic carbocycles. The van der Waals surface area contributed by atoms with E-state index in [-0.39, 0.29) is 10.7 Å². The third-order valence-electron chi connectivity index (χ3n) is 4.48. The monoisotopic (exact) mass is 421 g/mol. The molecule has 1 amide bonds. The SMILES string of the molecule is O=C(O)C(Cc1ccccc1)N1C(=O)/C(=C\c2ccc3nccnc3c2)SC1=S. The van der Waals surface area contributed by atoms with Gasteiger partial charge in [0.05, 0.1) is 15.9 Å². The number of aromatic nitrogens is 2. The number of carbonyl (C=O) groups is 2. The second-order valence-corrected chi connectivity index (χ2v) is 8.08. The van der Waals surface area contributed by atoms with Crippen molar-refractivity contribution in [2.45, 2.75) is 12.5 Å². The fourth-order valence-corrected chi connectivity index (χ4v) is 4.45. The maximum Gasteiger partial charge on any atom is 0.327 e. The Bertz CT molecular complexity index is 1150. The number of thioether (sulfide) groups is 1. The lowest BCUT2D eigenvalue weighted by Crippen LogP contribution is -2.45. The van der Waals surface area contributed by atoms with Crippen LogP contribution in [0.25, 0.3) is 17.1 Å². The van der Waals surface area contributed by atoms with E-state index >= 15 is 0 Å². The van der Waals surface area contributed by atoms with Gasteiger partial charge in [0.15, 0.2) is 0 Å². The van der Waals surface area contributed by atoms with Gasteiger partial charge in [-0.25, -0.2) is 4.79 Å². The van der Waals surface area contributed by atoms with E-state index in [4.69, 9.17) is 12.2 Å². The number of amides is 1. The summed E-state index contributed by atoms with van der Waals surface area (Å²) in [5.41, 5.74) is 3.06. The highest BCUT2D eigenvalue weighted by atomic mass is 32.2. The van der Waals surface area contributed by atoms with Gasteiger partial charge >= 0.3 is 5.97 Å². The van der Waals surface area contributed by atoms with Crippen LogP contribution in [0, 0.1) is 0 Å². The molecule has 1 atom stereocenters. The summed E-state index contributed by atoms with van der Waals surface area (Å²) in [7, 11) is 0. The molecule has 29 heavy (non-hydrogen) atoms. The molecule has 144 valence electrons. The molecule has 0 aliphatic carbocycles. The minimum absolute atomic E-state index is 0.182. The van der Waals surface area contributed by atoms with Gasteiger partial charge in [0.25, 0.3) is 5.91 Å². The Labute approximate surface area is 176 Å². The summed E-state index contributed by atoms with van der Waals surface area (Å²) in [6.45, 7) is 0. The minimum Gasteiger partial charge on any atom is -0.480 e. The van der Waals surface area contributed by atoms with Crippen molar-refractivity contribution in [1.29, 1.82) is 0 Å². The highest BCUT2D eigenvalue weighted by Gasteiger charge is 2.40. The fourth-order valence-electron chi connectivity index (χ4n) is 3.10. The summed E-state index contributed by atoms with van der Waals surface area (Å²) in [5.74, 6) is -1.49. The molecule has 0 saturated carbocycles. The van der Waals surface area contributed by atoms with E-state index in [9.17, 15) is 14.7 Å². The summed E-state index contributed by atoms with van der Waals surface area (Å²) in [6, 6.07) is 13.6. The van der Waals surface area contributed by atoms with Crippen LogP contribution in [-0.4, -0.2) is 42.2 Å². The van der Waals surface area contributed by atoms with Crippen molar-refractivity contribution < 1.29 is 14.7 Å². The number of thiocarbonyl (C=S) groups is 1. The Hall–Kier alpha value is -3.10. The van der Waals surface area contributed by atoms with Gasteiger partial charge in [-0.1, -0.05) is 60.4 Å². The number of fused-ring (bicyclic) bond motifs is 1. The standard InChI is InChI=1S/C21H15N3O3S2/c25-19-18(12-14-6-7-15-16(10-14)23-9-8-22-15)29-21(28)24(19)17(20(26)27)11-13-4-2-1-3-5-13/h1-10,12,17H,11H2,(H,26,27)/b18-12+. The first-order chi connectivity index (χ1) is 14.0. The average Bonchev–Trinajstić information content (AvgIpc) is 2.99. The van der Waals surface area contributed by atoms with Gasteiger partial charge < -0.3 is 5.11 Å². The number of nitrogens with zero attached hydrogens (tertiary/aromatic N) is 3. The Morgan fingerprint density at radius 1 is 1.14 bits per heavy atom. The first-order valence-electron chi connectivity index (χ1n) is 8.77. The molecule has 1 saturated heterocycles. The molecule has 1 aromatic heterocycles. The maximum absolute atomic E-state index is 13.0. The van der Waals surface area contributed by atoms with Gasteiger partial charge in [0, 0.05) is 18.8 Å². The molecule has 6 nitrogen and oxygen atoms in total. The molecule has 3 aromatic rings. The van der Waals surface area contributed by atoms with E-state index in [1.807, 2.05) is 48.5 Å². The van der Waals surface area contributed by atoms with Crippen LogP contribution in [0.3, 0.4) is 0 Å². The van der Waals surface area contributed by atoms with E-state index in [2.05, 4.69) is 9.97 Å². The summed E-state index contributed by atoms with van der Waals surface area (Å²) < 4.78 is 0.241. The second-order valence-electron chi connectivity index (χ2n) is 6.40. The molecule has 0 radical (unpaired) electrons. The largest absolute Gasteiger partial charge is 0.480 e. The lowest BCUT2D eigenvalue weighted by molar-refractivity contribution is -0.145. The molecule has 0 bridgehead atoms. The van der Waals surface area contributed by atoms with Crippen molar-refractivity contribution in [2.75, 3.05) is 0 Å². The lowest BCUT2D eigenvalue weighted by atomic mass is 10.0. The number of carboxylic acids is 1. The molecule has 1 unspecified atom stereocenters. The molecule has 4 rings (SSSR count). The highest BCUT2D eigenvalue weighted by Crippen LogP contribution is 2.35. The molecule has 1 aliphatic rings. The molecule has 0 spiro atoms. The van der Waals surface area contributed by atoms with Crippen molar-refractivity contribution in [3.63, 3.8) is 0 Å². The lowest BCUT2D eigenvalue weighted by Gasteiger charge is -2.23. The first kappa shape index (κ1) is 19.2. The van der Waals surface area contributed by atoms with Crippen LogP contribution in [0.2, 0.25) is 0 Å². The van der Waals surface area contributed by atoms with Crippen LogP contribution < -0.4 is 0 Å². The fraction of sp³-hybridized carbons (Fsp3) is 0.0952. The van der Waals surface area contributed by atoms with Crippen molar-refractivity contribution in [3.8, 4) is 0 Å². The third kappa shape index (κ3) is 4.03. The van der Waals surface area contributed by atoms with Gasteiger partial charge in [-0.15, -0.1) is 0 Å². The Morgan fingerprint density at radius 3 is 2.59 bits per heavy atom. The van der Waals surface area contributed by atoms with Gasteiger partial charge in [0.1, 0.15) is 10.4 Å². The maximum atomic E-state index is 13.0. The minimum atomic E-state index is -1.09. The predicted octanol–water partition coefficient (Wildman–Crippen LogP) is 3.53. The number of hydrogen-bond donors (Lipinski definition) is 1. The van der Waals surface area contributed by atoms with Gasteiger partial charge in [-0.2, -0.15) is 0 Å². The second kappa shape index (κ2) is 8.10. The summed E-state index contributed by atoms with van der Waals surface area (Å²) in [4.78, 5) is 34.9. The number of hydrogen-bond acceptors (Lipinski definition) is 6. The Morgan fingerprint density at radius 2 is 1.86 bits per heavy atom. The predicted molar refractivity (Wildman–Crippen MR) is 116 cm³/mol. The molecule has 1 N–H and O–H groups in total. The zero-order valence-electron chi connectivity index (χ0n) is 15.1. The van der Waals surface area contributed by atoms with E-state index < -0.39 is 17.9 Å². The smallest absolute Gasteiger partial charge is 0.327 e. The Balaban J connectivity index is 1.62. The Kier molecular flexibility index (Phi) is 5.37. The van der Waals surface area contributed by atoms with E-state index in [1.165, 1.54) is 4.90 Å². The van der Waals surface area contributed by atoms with Gasteiger partial charge in [-0.3, -0.25) is 19.7 Å². The van der Waals surface area contributed by atoms with E-state index in [0.717, 1.165) is 28.4 Å². The van der Waals surface area contributed by atoms with Crippen LogP contribution in [0.5, 0.6) is 0 Å². The van der Waals surface area contributed by atoms with Gasteiger partial charge in [0.2, 0.25) is 0 Å². The molecule has 1 aliphatic heterocycles. The highest BCUT2D eigenvalue weighted by molar-refractivity contribution is 8.26. The molecular formula is C21H15N3O3S2. The third-order valence-corrected chi connectivity index (χ3v) is 5.81. The first-order valence-corrected chi connectivity index (χ1v) is 10.00. The van der Waals surface area contributed by atoms with Crippen LogP contribution in [-0.2, 0) is 16.0 Å². The van der Waals surface area contributed by atoms with Gasteiger partial charge in [-0.05, 0) is 29.3 Å². The molecule has 8 heteroatoms. The van der Waals surface area contributed by atoms with E-state index in [0.29, 0.717) is 10.4 Å². The summed E-state index contributed by atoms with van der Waals surface area (Å²) in [6.07, 6.45) is 5.11. The van der Waals surface area contributed by atoms with Crippen LogP contribution in [0.15, 0.2) is 65.8 Å². The van der Waals surface area contributed by atoms with Crippen molar-refractivity contribution >= 4 is 57.3 Å². The van der Waals surface area contributed by atoms with Crippen molar-refractivity contribution in [3.05, 3.63) is 77.0 Å². The molecule has 1 fully saturated rings. The van der Waals surface area contributed by atoms with Crippen LogP contribution in [0.1, 0.15) is 11.1 Å². The number of aliphatic carboxylic acids is 1. The van der Waals surface area contributed by atoms with E-state index in [1.54, 1.807) is 18.5 Å². The number of carboxylic acid groups (broad SMARTS) is 1. The molecule has 2 heterocycles. The van der Waals surface area contributed by atoms with Crippen LogP contribution in [0.4, 0.5) is 0 Å². The number of carbonyl (C=O) groups excluding carboxylic acids is 1. The van der Waals surface area contributed by atoms with Crippen molar-refractivity contribution in [2.24, 2.45) is 0 Å². The topological polar surface area (TPSA) is 83.4 Å². The zero-order valence-corrected chi connectivity index (χ0v) is 16.7. The van der Waals surface area contributed by atoms with Crippen LogP contribution >= 0.6 is 24.0 Å². The van der Waals surface area contributed by atoms with Crippen molar-refractivity contribution in [1.82, 2.24) is 14.9 Å². The number of benzene rings is 2.